The van der Waals surface area contributed by atoms with E-state index in [0.29, 0.717) is 6.04 Å². The van der Waals surface area contributed by atoms with Gasteiger partial charge in [-0.25, -0.2) is 0 Å². The highest BCUT2D eigenvalue weighted by atomic mass is 16.7. The van der Waals surface area contributed by atoms with Crippen LogP contribution in [0.1, 0.15) is 77.0 Å². The fourth-order valence-corrected chi connectivity index (χ4v) is 4.27. The van der Waals surface area contributed by atoms with E-state index in [0.717, 1.165) is 13.0 Å². The van der Waals surface area contributed by atoms with Crippen molar-refractivity contribution in [3.05, 3.63) is 23.8 Å². The highest BCUT2D eigenvalue weighted by Crippen LogP contribution is 2.28. The molecule has 0 aromatic heterocycles. The van der Waals surface area contributed by atoms with Gasteiger partial charge in [-0.15, -0.1) is 0 Å². The first kappa shape index (κ1) is 20.7. The summed E-state index contributed by atoms with van der Waals surface area (Å²) >= 11 is 0. The van der Waals surface area contributed by atoms with E-state index in [1.807, 2.05) is 6.08 Å². The molecular formula is C22H39NO2. The van der Waals surface area contributed by atoms with E-state index in [-0.39, 0.29) is 0 Å². The maximum atomic E-state index is 5.61. The van der Waals surface area contributed by atoms with Crippen molar-refractivity contribution in [1.29, 1.82) is 0 Å². The summed E-state index contributed by atoms with van der Waals surface area (Å²) in [5.74, 6) is -0.572. The van der Waals surface area contributed by atoms with Gasteiger partial charge in [-0.2, -0.15) is 0 Å². The Hall–Kier alpha value is -0.640. The van der Waals surface area contributed by atoms with Gasteiger partial charge >= 0.3 is 0 Å². The third-order valence-corrected chi connectivity index (χ3v) is 6.00. The Morgan fingerprint density at radius 1 is 0.920 bits per heavy atom. The molecule has 2 aliphatic rings. The van der Waals surface area contributed by atoms with Crippen molar-refractivity contribution in [3.63, 3.8) is 0 Å². The molecule has 3 nitrogen and oxygen atoms in total. The molecule has 0 radical (unpaired) electrons. The zero-order valence-electron chi connectivity index (χ0n) is 16.8. The van der Waals surface area contributed by atoms with Crippen molar-refractivity contribution >= 4 is 0 Å². The average Bonchev–Trinajstić information content (AvgIpc) is 2.62. The number of allylic oxidation sites excluding steroid dienone is 2. The number of hydrogen-bond acceptors (Lipinski definition) is 3. The van der Waals surface area contributed by atoms with Crippen molar-refractivity contribution in [2.75, 3.05) is 27.8 Å². The van der Waals surface area contributed by atoms with Crippen LogP contribution < -0.4 is 0 Å². The molecule has 0 spiro atoms. The molecule has 25 heavy (non-hydrogen) atoms. The van der Waals surface area contributed by atoms with Crippen LogP contribution in [0.15, 0.2) is 23.8 Å². The van der Waals surface area contributed by atoms with Crippen LogP contribution >= 0.6 is 0 Å². The molecule has 0 saturated heterocycles. The predicted octanol–water partition coefficient (Wildman–Crippen LogP) is 5.47. The Morgan fingerprint density at radius 3 is 1.96 bits per heavy atom. The van der Waals surface area contributed by atoms with Crippen LogP contribution in [0.3, 0.4) is 0 Å². The Balaban J connectivity index is 1.88. The molecule has 0 atom stereocenters. The molecule has 0 unspecified atom stereocenters. The second-order valence-corrected chi connectivity index (χ2v) is 7.91. The molecule has 0 aromatic carbocycles. The molecule has 0 heterocycles. The van der Waals surface area contributed by atoms with Crippen LogP contribution in [0, 0.1) is 0 Å². The summed E-state index contributed by atoms with van der Waals surface area (Å²) < 4.78 is 11.2. The summed E-state index contributed by atoms with van der Waals surface area (Å²) in [6.07, 6.45) is 22.6. The first-order valence-corrected chi connectivity index (χ1v) is 10.4. The lowest BCUT2D eigenvalue weighted by Crippen LogP contribution is -2.38. The SMILES string of the molecule is COC1(OC)C=CC=C(CN(C)C2CCCCCCCCCCC2)C1. The molecule has 144 valence electrons. The summed E-state index contributed by atoms with van der Waals surface area (Å²) in [6, 6.07) is 0.714. The van der Waals surface area contributed by atoms with Gasteiger partial charge in [0.1, 0.15) is 0 Å². The van der Waals surface area contributed by atoms with E-state index in [1.54, 1.807) is 14.2 Å². The lowest BCUT2D eigenvalue weighted by molar-refractivity contribution is -0.169. The van der Waals surface area contributed by atoms with Crippen molar-refractivity contribution in [1.82, 2.24) is 4.90 Å². The highest BCUT2D eigenvalue weighted by molar-refractivity contribution is 5.24. The Bertz CT molecular complexity index is 414. The summed E-state index contributed by atoms with van der Waals surface area (Å²) in [7, 11) is 5.76. The van der Waals surface area contributed by atoms with Crippen LogP contribution in [0.25, 0.3) is 0 Å². The quantitative estimate of drug-likeness (QED) is 0.615. The van der Waals surface area contributed by atoms with Crippen molar-refractivity contribution in [2.45, 2.75) is 88.9 Å². The van der Waals surface area contributed by atoms with Gasteiger partial charge in [-0.1, -0.05) is 75.5 Å². The minimum Gasteiger partial charge on any atom is -0.349 e. The first-order valence-electron chi connectivity index (χ1n) is 10.4. The standard InChI is InChI=1S/C22H39NO2/c1-23(19-20-14-13-17-22(18-20,24-2)25-3)21-15-11-9-7-5-4-6-8-10-12-16-21/h13-14,17,21H,4-12,15-16,18-19H2,1-3H3. The highest BCUT2D eigenvalue weighted by Gasteiger charge is 2.30. The molecule has 0 aliphatic heterocycles. The molecular weight excluding hydrogens is 310 g/mol. The summed E-state index contributed by atoms with van der Waals surface area (Å²) in [5, 5.41) is 0. The zero-order valence-corrected chi connectivity index (χ0v) is 16.8. The molecule has 0 aromatic rings. The maximum absolute atomic E-state index is 5.61. The number of nitrogens with zero attached hydrogens (tertiary/aromatic N) is 1. The maximum Gasteiger partial charge on any atom is 0.191 e. The van der Waals surface area contributed by atoms with Gasteiger partial charge in [-0.3, -0.25) is 4.90 Å². The summed E-state index contributed by atoms with van der Waals surface area (Å²) in [4.78, 5) is 2.58. The van der Waals surface area contributed by atoms with Crippen LogP contribution in [-0.4, -0.2) is 44.5 Å². The zero-order chi connectivity index (χ0) is 18.0. The summed E-state index contributed by atoms with van der Waals surface area (Å²) in [6.45, 7) is 1.02. The molecule has 2 aliphatic carbocycles. The number of ether oxygens (including phenoxy) is 2. The summed E-state index contributed by atoms with van der Waals surface area (Å²) in [5.41, 5.74) is 1.40. The number of hydrogen-bond donors (Lipinski definition) is 0. The Kier molecular flexibility index (Phi) is 9.22. The van der Waals surface area contributed by atoms with E-state index in [2.05, 4.69) is 24.1 Å². The molecule has 1 fully saturated rings. The first-order chi connectivity index (χ1) is 12.2. The van der Waals surface area contributed by atoms with Gasteiger partial charge in [-0.05, 0) is 26.0 Å². The van der Waals surface area contributed by atoms with Crippen molar-refractivity contribution in [2.24, 2.45) is 0 Å². The van der Waals surface area contributed by atoms with Crippen molar-refractivity contribution < 1.29 is 9.47 Å². The molecule has 2 rings (SSSR count). The topological polar surface area (TPSA) is 21.7 Å². The second kappa shape index (κ2) is 11.2. The van der Waals surface area contributed by atoms with Gasteiger partial charge in [0.25, 0.3) is 0 Å². The molecule has 0 N–H and O–H groups in total. The van der Waals surface area contributed by atoms with E-state index in [1.165, 1.54) is 76.2 Å². The number of likely N-dealkylation sites (N-methyl/N-ethyl adjacent to an activating group) is 1. The van der Waals surface area contributed by atoms with Gasteiger partial charge in [0.05, 0.1) is 0 Å². The molecule has 0 bridgehead atoms. The van der Waals surface area contributed by atoms with Gasteiger partial charge in [0.15, 0.2) is 5.79 Å². The van der Waals surface area contributed by atoms with Gasteiger partial charge in [0.2, 0.25) is 0 Å². The lowest BCUT2D eigenvalue weighted by Gasteiger charge is -2.34. The van der Waals surface area contributed by atoms with Crippen molar-refractivity contribution in [3.8, 4) is 0 Å². The Morgan fingerprint density at radius 2 is 1.44 bits per heavy atom. The fraction of sp³-hybridized carbons (Fsp3) is 0.818. The van der Waals surface area contributed by atoms with E-state index >= 15 is 0 Å². The van der Waals surface area contributed by atoms with Crippen LogP contribution in [-0.2, 0) is 9.47 Å². The third-order valence-electron chi connectivity index (χ3n) is 6.00. The minimum atomic E-state index is -0.572. The molecule has 0 amide bonds. The van der Waals surface area contributed by atoms with Crippen LogP contribution in [0.4, 0.5) is 0 Å². The van der Waals surface area contributed by atoms with Gasteiger partial charge in [0, 0.05) is 33.2 Å². The Labute approximate surface area is 155 Å². The third kappa shape index (κ3) is 6.88. The minimum absolute atomic E-state index is 0.572. The normalized spacial score (nSPS) is 23.8. The van der Waals surface area contributed by atoms with Crippen LogP contribution in [0.5, 0.6) is 0 Å². The smallest absolute Gasteiger partial charge is 0.191 e. The van der Waals surface area contributed by atoms with E-state index in [4.69, 9.17) is 9.47 Å². The van der Waals surface area contributed by atoms with E-state index in [9.17, 15) is 0 Å². The fourth-order valence-electron chi connectivity index (χ4n) is 4.27. The predicted molar refractivity (Wildman–Crippen MR) is 106 cm³/mol. The largest absolute Gasteiger partial charge is 0.349 e. The number of methoxy groups -OCH3 is 2. The molecule has 1 saturated carbocycles. The molecule has 3 heteroatoms. The van der Waals surface area contributed by atoms with E-state index < -0.39 is 5.79 Å². The van der Waals surface area contributed by atoms with Gasteiger partial charge < -0.3 is 9.47 Å². The second-order valence-electron chi connectivity index (χ2n) is 7.91. The van der Waals surface area contributed by atoms with Crippen LogP contribution in [0.2, 0.25) is 0 Å². The number of rotatable bonds is 5. The lowest BCUT2D eigenvalue weighted by atomic mass is 9.95. The average molecular weight is 350 g/mol. The monoisotopic (exact) mass is 349 g/mol.